The van der Waals surface area contributed by atoms with E-state index in [2.05, 4.69) is 11.4 Å². The number of nitriles is 1. The fraction of sp³-hybridized carbons (Fsp3) is 0.300. The normalized spacial score (nSPS) is 19.1. The number of hydrogen-bond donors (Lipinski definition) is 2. The van der Waals surface area contributed by atoms with Gasteiger partial charge in [-0.05, 0) is 43.9 Å². The molecule has 0 aromatic heterocycles. The molecule has 2 N–H and O–H groups in total. The maximum Gasteiger partial charge on any atom is 0.255 e. The van der Waals surface area contributed by atoms with Gasteiger partial charge < -0.3 is 10.4 Å². The molecule has 3 rings (SSSR count). The highest BCUT2D eigenvalue weighted by molar-refractivity contribution is 8.00. The minimum atomic E-state index is -1.60. The van der Waals surface area contributed by atoms with Crippen LogP contribution in [0.25, 0.3) is 0 Å². The fourth-order valence-electron chi connectivity index (χ4n) is 3.03. The van der Waals surface area contributed by atoms with Gasteiger partial charge in [0.15, 0.2) is 17.5 Å². The molecule has 0 atom stereocenters. The summed E-state index contributed by atoms with van der Waals surface area (Å²) >= 11 is 1.48. The Bertz CT molecular complexity index is 915. The van der Waals surface area contributed by atoms with Crippen LogP contribution in [0.1, 0.15) is 41.6 Å². The van der Waals surface area contributed by atoms with E-state index in [1.54, 1.807) is 6.07 Å². The summed E-state index contributed by atoms with van der Waals surface area (Å²) in [6.07, 6.45) is 2.71. The lowest BCUT2D eigenvalue weighted by molar-refractivity contribution is 0.102. The number of rotatable bonds is 4. The van der Waals surface area contributed by atoms with Crippen LogP contribution in [0.4, 0.5) is 18.9 Å². The molecule has 0 aliphatic heterocycles. The van der Waals surface area contributed by atoms with E-state index >= 15 is 0 Å². The third-order valence-corrected chi connectivity index (χ3v) is 5.94. The first-order chi connectivity index (χ1) is 13.4. The predicted molar refractivity (Wildman–Crippen MR) is 99.5 cm³/mol. The molecule has 2 aromatic carbocycles. The molecule has 0 heterocycles. The van der Waals surface area contributed by atoms with Gasteiger partial charge in [-0.3, -0.25) is 4.79 Å². The van der Waals surface area contributed by atoms with Crippen LogP contribution in [0.5, 0.6) is 0 Å². The number of nitrogens with one attached hydrogen (secondary N) is 1. The Morgan fingerprint density at radius 3 is 2.36 bits per heavy atom. The van der Waals surface area contributed by atoms with Crippen molar-refractivity contribution in [3.05, 3.63) is 58.9 Å². The summed E-state index contributed by atoms with van der Waals surface area (Å²) in [4.78, 5) is 13.1. The summed E-state index contributed by atoms with van der Waals surface area (Å²) in [6, 6.07) is 8.00. The first-order valence-electron chi connectivity index (χ1n) is 8.72. The lowest BCUT2D eigenvalue weighted by Gasteiger charge is -2.25. The van der Waals surface area contributed by atoms with Gasteiger partial charge in [0.05, 0.1) is 11.7 Å². The minimum absolute atomic E-state index is 0.207. The first-order valence-corrected chi connectivity index (χ1v) is 9.60. The zero-order valence-corrected chi connectivity index (χ0v) is 15.5. The molecule has 28 heavy (non-hydrogen) atoms. The highest BCUT2D eigenvalue weighted by Gasteiger charge is 2.22. The van der Waals surface area contributed by atoms with Gasteiger partial charge in [0.25, 0.3) is 5.91 Å². The average molecular weight is 406 g/mol. The zero-order chi connectivity index (χ0) is 20.3. The van der Waals surface area contributed by atoms with Gasteiger partial charge in [0.2, 0.25) is 0 Å². The summed E-state index contributed by atoms with van der Waals surface area (Å²) < 4.78 is 39.7. The number of hydrogen-bond acceptors (Lipinski definition) is 4. The Balaban J connectivity index is 1.78. The van der Waals surface area contributed by atoms with Crippen molar-refractivity contribution in [1.29, 1.82) is 5.26 Å². The lowest BCUT2D eigenvalue weighted by Crippen LogP contribution is -2.19. The van der Waals surface area contributed by atoms with E-state index in [0.29, 0.717) is 35.4 Å². The molecule has 0 saturated heterocycles. The van der Waals surface area contributed by atoms with Crippen LogP contribution in [0.15, 0.2) is 35.2 Å². The first kappa shape index (κ1) is 20.2. The standard InChI is InChI=1S/C20H17F3N2O2S/c21-16-8-13(9-17(22)19(16)23)25-20(27)11-1-2-12(10-24)18(7-11)28-15-5-3-14(26)4-6-15/h1-2,7-9,14-15,26H,3-6H2,(H,25,27). The van der Waals surface area contributed by atoms with Crippen LogP contribution in [0, 0.1) is 28.8 Å². The minimum Gasteiger partial charge on any atom is -0.393 e. The topological polar surface area (TPSA) is 73.1 Å². The van der Waals surface area contributed by atoms with E-state index in [1.165, 1.54) is 23.9 Å². The summed E-state index contributed by atoms with van der Waals surface area (Å²) in [7, 11) is 0. The molecule has 0 spiro atoms. The molecule has 1 aliphatic carbocycles. The van der Waals surface area contributed by atoms with Crippen LogP contribution in [0.3, 0.4) is 0 Å². The third-order valence-electron chi connectivity index (χ3n) is 4.54. The Labute approximate surface area is 164 Å². The van der Waals surface area contributed by atoms with Gasteiger partial charge in [0, 0.05) is 33.5 Å². The molecule has 2 aromatic rings. The average Bonchev–Trinajstić information content (AvgIpc) is 2.67. The molecule has 0 unspecified atom stereocenters. The molecule has 1 fully saturated rings. The maximum atomic E-state index is 13.3. The second kappa shape index (κ2) is 8.67. The largest absolute Gasteiger partial charge is 0.393 e. The quantitative estimate of drug-likeness (QED) is 0.727. The summed E-state index contributed by atoms with van der Waals surface area (Å²) in [5, 5.41) is 21.5. The number of aliphatic hydroxyl groups is 1. The van der Waals surface area contributed by atoms with Crippen LogP contribution in [-0.2, 0) is 0 Å². The Morgan fingerprint density at radius 2 is 1.75 bits per heavy atom. The van der Waals surface area contributed by atoms with Gasteiger partial charge in [-0.2, -0.15) is 5.26 Å². The van der Waals surface area contributed by atoms with E-state index in [-0.39, 0.29) is 22.6 Å². The van der Waals surface area contributed by atoms with Crippen LogP contribution in [0.2, 0.25) is 0 Å². The zero-order valence-electron chi connectivity index (χ0n) is 14.7. The van der Waals surface area contributed by atoms with Gasteiger partial charge in [-0.15, -0.1) is 11.8 Å². The van der Waals surface area contributed by atoms with Crippen molar-refractivity contribution in [2.75, 3.05) is 5.32 Å². The van der Waals surface area contributed by atoms with E-state index in [4.69, 9.17) is 0 Å². The Hall–Kier alpha value is -2.50. The van der Waals surface area contributed by atoms with Crippen molar-refractivity contribution in [3.8, 4) is 6.07 Å². The van der Waals surface area contributed by atoms with E-state index in [9.17, 15) is 28.3 Å². The van der Waals surface area contributed by atoms with Gasteiger partial charge in [-0.25, -0.2) is 13.2 Å². The SMILES string of the molecule is N#Cc1ccc(C(=O)Nc2cc(F)c(F)c(F)c2)cc1SC1CCC(O)CC1. The number of nitrogens with zero attached hydrogens (tertiary/aromatic N) is 1. The third kappa shape index (κ3) is 4.66. The molecule has 1 aliphatic rings. The van der Waals surface area contributed by atoms with Crippen molar-refractivity contribution in [2.24, 2.45) is 0 Å². The van der Waals surface area contributed by atoms with Crippen LogP contribution >= 0.6 is 11.8 Å². The smallest absolute Gasteiger partial charge is 0.255 e. The van der Waals surface area contributed by atoms with Crippen LogP contribution < -0.4 is 5.32 Å². The number of carbonyl (C=O) groups is 1. The maximum absolute atomic E-state index is 13.3. The summed E-state index contributed by atoms with van der Waals surface area (Å²) in [6.45, 7) is 0. The monoisotopic (exact) mass is 406 g/mol. The van der Waals surface area contributed by atoms with E-state index < -0.39 is 23.4 Å². The number of benzene rings is 2. The van der Waals surface area contributed by atoms with E-state index in [1.807, 2.05) is 0 Å². The second-order valence-electron chi connectivity index (χ2n) is 6.58. The van der Waals surface area contributed by atoms with Crippen molar-refractivity contribution in [3.63, 3.8) is 0 Å². The highest BCUT2D eigenvalue weighted by atomic mass is 32.2. The van der Waals surface area contributed by atoms with Gasteiger partial charge >= 0.3 is 0 Å². The fourth-order valence-corrected chi connectivity index (χ4v) is 4.33. The molecule has 4 nitrogen and oxygen atoms in total. The number of carbonyl (C=O) groups excluding carboxylic acids is 1. The second-order valence-corrected chi connectivity index (χ2v) is 7.92. The van der Waals surface area contributed by atoms with Crippen molar-refractivity contribution < 1.29 is 23.1 Å². The van der Waals surface area contributed by atoms with Crippen molar-refractivity contribution >= 4 is 23.4 Å². The Morgan fingerprint density at radius 1 is 1.11 bits per heavy atom. The Kier molecular flexibility index (Phi) is 6.27. The van der Waals surface area contributed by atoms with E-state index in [0.717, 1.165) is 12.8 Å². The number of thioether (sulfide) groups is 1. The molecule has 1 saturated carbocycles. The van der Waals surface area contributed by atoms with Crippen molar-refractivity contribution in [1.82, 2.24) is 0 Å². The number of amides is 1. The number of halogens is 3. The predicted octanol–water partition coefficient (Wildman–Crippen LogP) is 4.62. The summed E-state index contributed by atoms with van der Waals surface area (Å²) in [5.41, 5.74) is 0.426. The number of aliphatic hydroxyl groups excluding tert-OH is 1. The highest BCUT2D eigenvalue weighted by Crippen LogP contribution is 2.36. The molecule has 0 radical (unpaired) electrons. The molecular formula is C20H17F3N2O2S. The molecule has 146 valence electrons. The van der Waals surface area contributed by atoms with Crippen molar-refractivity contribution in [2.45, 2.75) is 41.9 Å². The summed E-state index contributed by atoms with van der Waals surface area (Å²) in [5.74, 6) is -5.03. The molecule has 8 heteroatoms. The number of anilines is 1. The lowest BCUT2D eigenvalue weighted by atomic mass is 9.97. The molecule has 0 bridgehead atoms. The van der Waals surface area contributed by atoms with Gasteiger partial charge in [0.1, 0.15) is 6.07 Å². The van der Waals surface area contributed by atoms with Gasteiger partial charge in [-0.1, -0.05) is 0 Å². The molecule has 1 amide bonds. The van der Waals surface area contributed by atoms with Crippen LogP contribution in [-0.4, -0.2) is 22.4 Å². The molecular weight excluding hydrogens is 389 g/mol.